The highest BCUT2D eigenvalue weighted by molar-refractivity contribution is 5.56. The van der Waals surface area contributed by atoms with Gasteiger partial charge < -0.3 is 4.74 Å². The van der Waals surface area contributed by atoms with Crippen molar-refractivity contribution in [2.45, 2.75) is 6.92 Å². The van der Waals surface area contributed by atoms with Crippen LogP contribution in [0.3, 0.4) is 0 Å². The summed E-state index contributed by atoms with van der Waals surface area (Å²) in [5.41, 5.74) is 2.69. The van der Waals surface area contributed by atoms with Crippen molar-refractivity contribution in [3.8, 4) is 17.6 Å². The van der Waals surface area contributed by atoms with Gasteiger partial charge in [-0.1, -0.05) is 36.4 Å². The average Bonchev–Trinajstić information content (AvgIpc) is 2.63. The van der Waals surface area contributed by atoms with Gasteiger partial charge in [-0.3, -0.25) is 0 Å². The van der Waals surface area contributed by atoms with Crippen LogP contribution in [-0.2, 0) is 0 Å². The zero-order chi connectivity index (χ0) is 16.8. The van der Waals surface area contributed by atoms with E-state index in [2.05, 4.69) is 16.3 Å². The minimum Gasteiger partial charge on any atom is -0.455 e. The summed E-state index contributed by atoms with van der Waals surface area (Å²) < 4.78 is 5.89. The molecule has 0 aliphatic carbocycles. The van der Waals surface area contributed by atoms with E-state index in [4.69, 9.17) is 10.00 Å². The molecule has 0 saturated carbocycles. The number of para-hydroxylation sites is 1. The Labute approximate surface area is 140 Å². The predicted octanol–water partition coefficient (Wildman–Crippen LogP) is 6.07. The molecule has 0 saturated heterocycles. The monoisotopic (exact) mass is 313 g/mol. The second kappa shape index (κ2) is 7.21. The van der Waals surface area contributed by atoms with Crippen LogP contribution in [0.15, 0.2) is 83.0 Å². The number of ether oxygens (including phenoxy) is 1. The second-order valence-corrected chi connectivity index (χ2v) is 5.22. The molecule has 0 atom stereocenters. The first-order valence-electron chi connectivity index (χ1n) is 7.51. The smallest absolute Gasteiger partial charge is 0.154 e. The van der Waals surface area contributed by atoms with Gasteiger partial charge in [0, 0.05) is 0 Å². The number of nitriles is 1. The molecule has 0 bridgehead atoms. The first-order valence-corrected chi connectivity index (χ1v) is 7.51. The molecule has 116 valence electrons. The molecule has 0 aliphatic rings. The molecular formula is C20H15N3O. The maximum atomic E-state index is 9.13. The first kappa shape index (κ1) is 15.4. The number of rotatable bonds is 4. The molecule has 0 spiro atoms. The number of nitrogens with zero attached hydrogens (tertiary/aromatic N) is 3. The third kappa shape index (κ3) is 3.65. The molecule has 24 heavy (non-hydrogen) atoms. The van der Waals surface area contributed by atoms with Crippen molar-refractivity contribution in [2.75, 3.05) is 0 Å². The molecule has 3 rings (SSSR count). The predicted molar refractivity (Wildman–Crippen MR) is 93.0 cm³/mol. The van der Waals surface area contributed by atoms with Gasteiger partial charge in [-0.05, 0) is 48.9 Å². The first-order chi connectivity index (χ1) is 11.8. The summed E-state index contributed by atoms with van der Waals surface area (Å²) in [6.45, 7) is 1.98. The second-order valence-electron chi connectivity index (χ2n) is 5.22. The lowest BCUT2D eigenvalue weighted by Gasteiger charge is -2.08. The summed E-state index contributed by atoms with van der Waals surface area (Å²) in [5.74, 6) is 1.35. The fraction of sp³-hybridized carbons (Fsp3) is 0.0500. The van der Waals surface area contributed by atoms with Gasteiger partial charge in [0.25, 0.3) is 0 Å². The van der Waals surface area contributed by atoms with Crippen molar-refractivity contribution in [1.82, 2.24) is 0 Å². The van der Waals surface area contributed by atoms with E-state index in [0.717, 1.165) is 11.3 Å². The molecule has 0 aromatic heterocycles. The lowest BCUT2D eigenvalue weighted by molar-refractivity contribution is 0.483. The van der Waals surface area contributed by atoms with Crippen LogP contribution in [0.1, 0.15) is 11.1 Å². The van der Waals surface area contributed by atoms with Gasteiger partial charge in [-0.2, -0.15) is 5.26 Å². The van der Waals surface area contributed by atoms with E-state index in [1.54, 1.807) is 18.2 Å². The molecular weight excluding hydrogens is 298 g/mol. The third-order valence-corrected chi connectivity index (χ3v) is 3.38. The fourth-order valence-electron chi connectivity index (χ4n) is 2.17. The molecule has 3 aromatic rings. The summed E-state index contributed by atoms with van der Waals surface area (Å²) in [5, 5.41) is 17.6. The highest BCUT2D eigenvalue weighted by Crippen LogP contribution is 2.34. The number of hydrogen-bond acceptors (Lipinski definition) is 4. The zero-order valence-electron chi connectivity index (χ0n) is 13.2. The van der Waals surface area contributed by atoms with Crippen molar-refractivity contribution in [2.24, 2.45) is 10.2 Å². The summed E-state index contributed by atoms with van der Waals surface area (Å²) in [4.78, 5) is 0. The van der Waals surface area contributed by atoms with Crippen LogP contribution in [0.2, 0.25) is 0 Å². The van der Waals surface area contributed by atoms with Gasteiger partial charge in [-0.15, -0.1) is 10.2 Å². The van der Waals surface area contributed by atoms with E-state index in [1.807, 2.05) is 61.5 Å². The quantitative estimate of drug-likeness (QED) is 0.548. The Kier molecular flexibility index (Phi) is 4.64. The third-order valence-electron chi connectivity index (χ3n) is 3.38. The molecule has 4 nitrogen and oxygen atoms in total. The average molecular weight is 313 g/mol. The van der Waals surface area contributed by atoms with E-state index >= 15 is 0 Å². The Hall–Kier alpha value is -3.45. The number of azo groups is 1. The summed E-state index contributed by atoms with van der Waals surface area (Å²) >= 11 is 0. The van der Waals surface area contributed by atoms with Gasteiger partial charge in [0.1, 0.15) is 23.2 Å². The molecule has 0 radical (unpaired) electrons. The van der Waals surface area contributed by atoms with Crippen molar-refractivity contribution >= 4 is 11.4 Å². The zero-order valence-corrected chi connectivity index (χ0v) is 13.2. The van der Waals surface area contributed by atoms with Gasteiger partial charge in [0.2, 0.25) is 0 Å². The van der Waals surface area contributed by atoms with Gasteiger partial charge in [0.15, 0.2) is 5.75 Å². The SMILES string of the molecule is Cc1ccc(Oc2ccccc2)c(N=Nc2ccccc2C#N)c1. The number of aryl methyl sites for hydroxylation is 1. The topological polar surface area (TPSA) is 57.7 Å². The van der Waals surface area contributed by atoms with E-state index in [-0.39, 0.29) is 0 Å². The molecule has 0 heterocycles. The van der Waals surface area contributed by atoms with Gasteiger partial charge >= 0.3 is 0 Å². The summed E-state index contributed by atoms with van der Waals surface area (Å²) in [6.07, 6.45) is 0. The van der Waals surface area contributed by atoms with Crippen LogP contribution in [0.4, 0.5) is 11.4 Å². The largest absolute Gasteiger partial charge is 0.455 e. The fourth-order valence-corrected chi connectivity index (χ4v) is 2.17. The molecule has 4 heteroatoms. The molecule has 3 aromatic carbocycles. The van der Waals surface area contributed by atoms with Crippen molar-refractivity contribution in [3.63, 3.8) is 0 Å². The van der Waals surface area contributed by atoms with Crippen LogP contribution in [-0.4, -0.2) is 0 Å². The van der Waals surface area contributed by atoms with Crippen molar-refractivity contribution < 1.29 is 4.74 Å². The Balaban J connectivity index is 1.94. The van der Waals surface area contributed by atoms with E-state index in [9.17, 15) is 0 Å². The van der Waals surface area contributed by atoms with E-state index < -0.39 is 0 Å². The lowest BCUT2D eigenvalue weighted by Crippen LogP contribution is -1.85. The molecule has 0 N–H and O–H groups in total. The van der Waals surface area contributed by atoms with Gasteiger partial charge in [-0.25, -0.2) is 0 Å². The summed E-state index contributed by atoms with van der Waals surface area (Å²) in [7, 11) is 0. The minimum atomic E-state index is 0.486. The van der Waals surface area contributed by atoms with Gasteiger partial charge in [0.05, 0.1) is 5.56 Å². The Morgan fingerprint density at radius 3 is 2.33 bits per heavy atom. The normalized spacial score (nSPS) is 10.5. The van der Waals surface area contributed by atoms with Crippen LogP contribution in [0.25, 0.3) is 0 Å². The van der Waals surface area contributed by atoms with Crippen LogP contribution >= 0.6 is 0 Å². The molecule has 0 unspecified atom stereocenters. The lowest BCUT2D eigenvalue weighted by atomic mass is 10.2. The number of benzene rings is 3. The van der Waals surface area contributed by atoms with Crippen molar-refractivity contribution in [3.05, 3.63) is 83.9 Å². The Bertz CT molecular complexity index is 912. The molecule has 0 amide bonds. The maximum absolute atomic E-state index is 9.13. The van der Waals surface area contributed by atoms with E-state index in [0.29, 0.717) is 22.7 Å². The number of hydrogen-bond donors (Lipinski definition) is 0. The molecule has 0 aliphatic heterocycles. The standard InChI is InChI=1S/C20H15N3O/c1-15-11-12-20(24-17-8-3-2-4-9-17)19(13-15)23-22-18-10-6-5-7-16(18)14-21/h2-13H,1H3. The van der Waals surface area contributed by atoms with E-state index in [1.165, 1.54) is 0 Å². The maximum Gasteiger partial charge on any atom is 0.154 e. The van der Waals surface area contributed by atoms with Crippen molar-refractivity contribution in [1.29, 1.82) is 5.26 Å². The summed E-state index contributed by atoms with van der Waals surface area (Å²) in [6, 6.07) is 24.5. The Morgan fingerprint density at radius 1 is 0.833 bits per heavy atom. The highest BCUT2D eigenvalue weighted by Gasteiger charge is 2.06. The van der Waals surface area contributed by atoms with Crippen LogP contribution < -0.4 is 4.74 Å². The van der Waals surface area contributed by atoms with Crippen LogP contribution in [0.5, 0.6) is 11.5 Å². The van der Waals surface area contributed by atoms with Crippen LogP contribution in [0, 0.1) is 18.3 Å². The molecule has 0 fully saturated rings. The highest BCUT2D eigenvalue weighted by atomic mass is 16.5. The minimum absolute atomic E-state index is 0.486. The Morgan fingerprint density at radius 2 is 1.54 bits per heavy atom.